The molecule has 8 heteroatoms. The minimum atomic E-state index is -0.666. The first kappa shape index (κ1) is 13.0. The summed E-state index contributed by atoms with van der Waals surface area (Å²) in [5.74, 6) is 6.49. The minimum Gasteiger partial charge on any atom is -0.352 e. The van der Waals surface area contributed by atoms with Gasteiger partial charge in [0.2, 0.25) is 5.91 Å². The van der Waals surface area contributed by atoms with Crippen molar-refractivity contribution < 1.29 is 4.79 Å². The molecule has 1 saturated heterocycles. The molecule has 0 spiro atoms. The number of piperazine rings is 1. The number of anilines is 2. The maximum Gasteiger partial charge on any atom is 0.245 e. The third-order valence-corrected chi connectivity index (χ3v) is 3.75. The van der Waals surface area contributed by atoms with Crippen LogP contribution in [-0.4, -0.2) is 34.5 Å². The summed E-state index contributed by atoms with van der Waals surface area (Å²) in [4.78, 5) is 22.1. The van der Waals surface area contributed by atoms with E-state index in [2.05, 4.69) is 36.6 Å². The zero-order chi connectivity index (χ0) is 13.3. The van der Waals surface area contributed by atoms with E-state index in [4.69, 9.17) is 5.84 Å². The number of hydrazine groups is 1. The molecule has 0 aliphatic carbocycles. The topological polar surface area (TPSA) is 96.2 Å². The zero-order valence-electron chi connectivity index (χ0n) is 10.2. The van der Waals surface area contributed by atoms with Crippen LogP contribution in [0.4, 0.5) is 11.6 Å². The van der Waals surface area contributed by atoms with Crippen molar-refractivity contribution in [2.75, 3.05) is 23.4 Å². The highest BCUT2D eigenvalue weighted by Crippen LogP contribution is 2.33. The van der Waals surface area contributed by atoms with Gasteiger partial charge in [-0.25, -0.2) is 15.8 Å². The van der Waals surface area contributed by atoms with E-state index < -0.39 is 5.54 Å². The van der Waals surface area contributed by atoms with Gasteiger partial charge in [-0.15, -0.1) is 0 Å². The molecule has 1 aromatic heterocycles. The number of nitrogens with zero attached hydrogens (tertiary/aromatic N) is 3. The molecule has 7 nitrogen and oxygen atoms in total. The Balaban J connectivity index is 2.45. The number of halogens is 1. The van der Waals surface area contributed by atoms with Crippen LogP contribution >= 0.6 is 15.9 Å². The first-order valence-corrected chi connectivity index (χ1v) is 6.31. The lowest BCUT2D eigenvalue weighted by Gasteiger charge is -2.42. The smallest absolute Gasteiger partial charge is 0.245 e. The molecule has 1 aliphatic rings. The van der Waals surface area contributed by atoms with Crippen LogP contribution < -0.4 is 21.5 Å². The van der Waals surface area contributed by atoms with E-state index >= 15 is 0 Å². The number of nitrogens with one attached hydrogen (secondary N) is 2. The molecule has 0 radical (unpaired) electrons. The second-order valence-corrected chi connectivity index (χ2v) is 5.26. The summed E-state index contributed by atoms with van der Waals surface area (Å²) in [6.45, 7) is 4.97. The monoisotopic (exact) mass is 314 g/mol. The van der Waals surface area contributed by atoms with Crippen LogP contribution in [0.3, 0.4) is 0 Å². The highest BCUT2D eigenvalue weighted by atomic mass is 79.9. The van der Waals surface area contributed by atoms with Crippen LogP contribution in [0.1, 0.15) is 13.8 Å². The number of hydrogen-bond donors (Lipinski definition) is 3. The number of aromatic nitrogens is 2. The lowest BCUT2D eigenvalue weighted by Crippen LogP contribution is -2.62. The van der Waals surface area contributed by atoms with Crippen LogP contribution in [0.5, 0.6) is 0 Å². The summed E-state index contributed by atoms with van der Waals surface area (Å²) in [5, 5.41) is 2.84. The van der Waals surface area contributed by atoms with Crippen LogP contribution in [0.2, 0.25) is 0 Å². The Kier molecular flexibility index (Phi) is 3.40. The van der Waals surface area contributed by atoms with Gasteiger partial charge in [-0.3, -0.25) is 4.79 Å². The predicted molar refractivity (Wildman–Crippen MR) is 72.0 cm³/mol. The molecule has 1 fully saturated rings. The average Bonchev–Trinajstić information content (AvgIpc) is 2.34. The van der Waals surface area contributed by atoms with E-state index in [1.54, 1.807) is 0 Å². The van der Waals surface area contributed by atoms with Crippen LogP contribution in [0.15, 0.2) is 10.8 Å². The lowest BCUT2D eigenvalue weighted by atomic mass is 9.99. The van der Waals surface area contributed by atoms with Crippen molar-refractivity contribution in [3.8, 4) is 0 Å². The number of rotatable bonds is 2. The second kappa shape index (κ2) is 4.69. The van der Waals surface area contributed by atoms with Gasteiger partial charge in [-0.1, -0.05) is 0 Å². The summed E-state index contributed by atoms with van der Waals surface area (Å²) >= 11 is 3.41. The first-order chi connectivity index (χ1) is 8.48. The molecule has 1 amide bonds. The maximum absolute atomic E-state index is 11.9. The molecule has 0 saturated carbocycles. The Bertz CT molecular complexity index is 477. The summed E-state index contributed by atoms with van der Waals surface area (Å²) in [6.07, 6.45) is 1.41. The quantitative estimate of drug-likeness (QED) is 0.534. The van der Waals surface area contributed by atoms with Crippen LogP contribution in [0, 0.1) is 0 Å². The maximum atomic E-state index is 11.9. The van der Waals surface area contributed by atoms with Crippen molar-refractivity contribution >= 4 is 33.5 Å². The van der Waals surface area contributed by atoms with Crippen LogP contribution in [0.25, 0.3) is 0 Å². The Morgan fingerprint density at radius 1 is 1.56 bits per heavy atom. The molecule has 4 N–H and O–H groups in total. The average molecular weight is 315 g/mol. The fourth-order valence-corrected chi connectivity index (χ4v) is 2.45. The Labute approximate surface area is 113 Å². The highest BCUT2D eigenvalue weighted by Gasteiger charge is 2.39. The molecule has 18 heavy (non-hydrogen) atoms. The summed E-state index contributed by atoms with van der Waals surface area (Å²) < 4.78 is 0.648. The molecule has 2 rings (SSSR count). The van der Waals surface area contributed by atoms with Crippen molar-refractivity contribution in [3.05, 3.63) is 10.8 Å². The van der Waals surface area contributed by atoms with Gasteiger partial charge in [0.15, 0.2) is 5.82 Å². The molecule has 0 unspecified atom stereocenters. The fourth-order valence-electron chi connectivity index (χ4n) is 1.92. The summed E-state index contributed by atoms with van der Waals surface area (Å²) in [5.41, 5.74) is 1.82. The van der Waals surface area contributed by atoms with Crippen molar-refractivity contribution in [1.29, 1.82) is 0 Å². The molecular weight excluding hydrogens is 300 g/mol. The Morgan fingerprint density at radius 2 is 2.28 bits per heavy atom. The van der Waals surface area contributed by atoms with Gasteiger partial charge in [-0.05, 0) is 29.8 Å². The molecule has 0 aromatic carbocycles. The minimum absolute atomic E-state index is 0.0264. The fraction of sp³-hybridized carbons (Fsp3) is 0.500. The van der Waals surface area contributed by atoms with Crippen molar-refractivity contribution in [3.63, 3.8) is 0 Å². The van der Waals surface area contributed by atoms with Crippen molar-refractivity contribution in [1.82, 2.24) is 15.3 Å². The third kappa shape index (κ3) is 2.01. The standard InChI is InChI=1S/C10H15BrN6O/c1-10(2)9(18)13-3-4-17(10)8-6(11)7(16-12)14-5-15-8/h5H,3-4,12H2,1-2H3,(H,13,18)(H,14,15,16). The highest BCUT2D eigenvalue weighted by molar-refractivity contribution is 9.10. The van der Waals surface area contributed by atoms with Gasteiger partial charge in [0.05, 0.1) is 0 Å². The van der Waals surface area contributed by atoms with E-state index in [1.807, 2.05) is 18.7 Å². The Morgan fingerprint density at radius 3 is 2.94 bits per heavy atom. The molecular formula is C10H15BrN6O. The van der Waals surface area contributed by atoms with E-state index in [-0.39, 0.29) is 5.91 Å². The van der Waals surface area contributed by atoms with E-state index in [9.17, 15) is 4.79 Å². The van der Waals surface area contributed by atoms with Gasteiger partial charge in [-0.2, -0.15) is 0 Å². The number of carbonyl (C=O) groups excluding carboxylic acids is 1. The number of hydrogen-bond acceptors (Lipinski definition) is 6. The van der Waals surface area contributed by atoms with Crippen molar-refractivity contribution in [2.45, 2.75) is 19.4 Å². The van der Waals surface area contributed by atoms with Gasteiger partial charge in [0, 0.05) is 13.1 Å². The molecule has 0 atom stereocenters. The van der Waals surface area contributed by atoms with Gasteiger partial charge in [0.25, 0.3) is 0 Å². The molecule has 2 heterocycles. The van der Waals surface area contributed by atoms with Gasteiger partial charge < -0.3 is 15.6 Å². The molecule has 1 aromatic rings. The Hall–Kier alpha value is -1.41. The number of carbonyl (C=O) groups is 1. The molecule has 0 bridgehead atoms. The third-order valence-electron chi connectivity index (χ3n) is 3.01. The second-order valence-electron chi connectivity index (χ2n) is 4.47. The summed E-state index contributed by atoms with van der Waals surface area (Å²) in [7, 11) is 0. The predicted octanol–water partition coefficient (Wildman–Crippen LogP) is 0.239. The van der Waals surface area contributed by atoms with Crippen molar-refractivity contribution in [2.24, 2.45) is 5.84 Å². The van der Waals surface area contributed by atoms with E-state index in [0.717, 1.165) is 0 Å². The number of amides is 1. The van der Waals surface area contributed by atoms with Gasteiger partial charge >= 0.3 is 0 Å². The van der Waals surface area contributed by atoms with Crippen LogP contribution in [-0.2, 0) is 4.79 Å². The SMILES string of the molecule is CC1(C)C(=O)NCCN1c1ncnc(NN)c1Br. The molecule has 98 valence electrons. The zero-order valence-corrected chi connectivity index (χ0v) is 11.8. The number of nitrogen functional groups attached to an aromatic ring is 1. The van der Waals surface area contributed by atoms with E-state index in [0.29, 0.717) is 29.2 Å². The largest absolute Gasteiger partial charge is 0.352 e. The normalized spacial score (nSPS) is 18.4. The van der Waals surface area contributed by atoms with E-state index in [1.165, 1.54) is 6.33 Å². The number of nitrogens with two attached hydrogens (primary N) is 1. The first-order valence-electron chi connectivity index (χ1n) is 5.51. The van der Waals surface area contributed by atoms with Gasteiger partial charge in [0.1, 0.15) is 22.2 Å². The summed E-state index contributed by atoms with van der Waals surface area (Å²) in [6, 6.07) is 0. The molecule has 1 aliphatic heterocycles. The lowest BCUT2D eigenvalue weighted by molar-refractivity contribution is -0.126.